The molecular weight excluding hydrogens is 246 g/mol. The molecule has 0 heterocycles. The second-order valence-corrected chi connectivity index (χ2v) is 5.11. The number of methoxy groups -OCH3 is 1. The van der Waals surface area contributed by atoms with Crippen molar-refractivity contribution in [2.75, 3.05) is 7.11 Å². The van der Waals surface area contributed by atoms with Gasteiger partial charge in [0.2, 0.25) is 0 Å². The molecule has 2 nitrogen and oxygen atoms in total. The smallest absolute Gasteiger partial charge is 0.124 e. The first-order chi connectivity index (χ1) is 8.69. The monoisotopic (exact) mass is 269 g/mol. The van der Waals surface area contributed by atoms with Gasteiger partial charge in [0.05, 0.1) is 7.11 Å². The first-order valence-electron chi connectivity index (χ1n) is 6.73. The molecule has 1 aromatic rings. The highest BCUT2D eigenvalue weighted by Crippen LogP contribution is 2.26. The van der Waals surface area contributed by atoms with E-state index in [0.29, 0.717) is 6.04 Å². The number of rotatable bonds is 8. The van der Waals surface area contributed by atoms with Gasteiger partial charge in [-0.2, -0.15) is 0 Å². The molecule has 0 aliphatic heterocycles. The van der Waals surface area contributed by atoms with Crippen LogP contribution in [0.25, 0.3) is 0 Å². The Morgan fingerprint density at radius 1 is 1.33 bits per heavy atom. The second-order valence-electron chi connectivity index (χ2n) is 4.70. The lowest BCUT2D eigenvalue weighted by Crippen LogP contribution is -2.25. The van der Waals surface area contributed by atoms with Crippen molar-refractivity contribution >= 4 is 11.6 Å². The minimum Gasteiger partial charge on any atom is -0.496 e. The number of hydrogen-bond acceptors (Lipinski definition) is 2. The van der Waals surface area contributed by atoms with Crippen LogP contribution in [0.15, 0.2) is 18.2 Å². The summed E-state index contributed by atoms with van der Waals surface area (Å²) >= 11 is 6.20. The first kappa shape index (κ1) is 15.3. The summed E-state index contributed by atoms with van der Waals surface area (Å²) in [6.07, 6.45) is 5.07. The zero-order valence-corrected chi connectivity index (χ0v) is 12.4. The van der Waals surface area contributed by atoms with Crippen molar-refractivity contribution in [2.45, 2.75) is 52.1 Å². The van der Waals surface area contributed by atoms with E-state index >= 15 is 0 Å². The summed E-state index contributed by atoms with van der Waals surface area (Å²) in [4.78, 5) is 0. The van der Waals surface area contributed by atoms with Crippen LogP contribution in [0.3, 0.4) is 0 Å². The largest absolute Gasteiger partial charge is 0.496 e. The van der Waals surface area contributed by atoms with Crippen molar-refractivity contribution in [1.29, 1.82) is 0 Å². The molecule has 102 valence electrons. The minimum absolute atomic E-state index is 0.512. The van der Waals surface area contributed by atoms with Crippen LogP contribution in [0.1, 0.15) is 45.1 Å². The van der Waals surface area contributed by atoms with Gasteiger partial charge < -0.3 is 10.1 Å². The van der Waals surface area contributed by atoms with Gasteiger partial charge in [0.15, 0.2) is 0 Å². The van der Waals surface area contributed by atoms with Crippen molar-refractivity contribution in [3.63, 3.8) is 0 Å². The van der Waals surface area contributed by atoms with E-state index in [0.717, 1.165) is 22.9 Å². The van der Waals surface area contributed by atoms with Gasteiger partial charge in [-0.05, 0) is 25.5 Å². The Morgan fingerprint density at radius 2 is 2.11 bits per heavy atom. The zero-order chi connectivity index (χ0) is 13.4. The number of ether oxygens (including phenoxy) is 1. The van der Waals surface area contributed by atoms with Crippen LogP contribution < -0.4 is 10.1 Å². The standard InChI is InChI=1S/C15H24ClNO/c1-4-5-6-8-12(2)17-11-13-14(16)9-7-10-15(13)18-3/h7,9-10,12,17H,4-6,8,11H2,1-3H3. The van der Waals surface area contributed by atoms with E-state index in [2.05, 4.69) is 19.2 Å². The van der Waals surface area contributed by atoms with Crippen LogP contribution in [0.5, 0.6) is 5.75 Å². The number of hydrogen-bond donors (Lipinski definition) is 1. The molecule has 0 aliphatic rings. The molecule has 0 radical (unpaired) electrons. The Bertz CT molecular complexity index is 354. The van der Waals surface area contributed by atoms with Crippen LogP contribution in [-0.4, -0.2) is 13.2 Å². The third-order valence-electron chi connectivity index (χ3n) is 3.16. The van der Waals surface area contributed by atoms with Crippen molar-refractivity contribution in [3.05, 3.63) is 28.8 Å². The molecule has 3 heteroatoms. The van der Waals surface area contributed by atoms with E-state index in [9.17, 15) is 0 Å². The zero-order valence-electron chi connectivity index (χ0n) is 11.6. The average molecular weight is 270 g/mol. The summed E-state index contributed by atoms with van der Waals surface area (Å²) in [6.45, 7) is 5.21. The van der Waals surface area contributed by atoms with Gasteiger partial charge >= 0.3 is 0 Å². The number of halogens is 1. The highest BCUT2D eigenvalue weighted by atomic mass is 35.5. The van der Waals surface area contributed by atoms with E-state index in [4.69, 9.17) is 16.3 Å². The van der Waals surface area contributed by atoms with Crippen molar-refractivity contribution < 1.29 is 4.74 Å². The number of unbranched alkanes of at least 4 members (excludes halogenated alkanes) is 2. The topological polar surface area (TPSA) is 21.3 Å². The normalized spacial score (nSPS) is 12.4. The summed E-state index contributed by atoms with van der Waals surface area (Å²) in [5.74, 6) is 0.857. The summed E-state index contributed by atoms with van der Waals surface area (Å²) in [7, 11) is 1.68. The molecule has 1 atom stereocenters. The summed E-state index contributed by atoms with van der Waals surface area (Å²) < 4.78 is 5.33. The highest BCUT2D eigenvalue weighted by molar-refractivity contribution is 6.31. The molecule has 0 aromatic heterocycles. The molecule has 0 saturated heterocycles. The Balaban J connectivity index is 2.47. The predicted octanol–water partition coefficient (Wildman–Crippen LogP) is 4.41. The van der Waals surface area contributed by atoms with Crippen LogP contribution in [0, 0.1) is 0 Å². The van der Waals surface area contributed by atoms with Gasteiger partial charge in [-0.15, -0.1) is 0 Å². The third-order valence-corrected chi connectivity index (χ3v) is 3.52. The van der Waals surface area contributed by atoms with Gasteiger partial charge in [0.25, 0.3) is 0 Å². The van der Waals surface area contributed by atoms with Gasteiger partial charge in [-0.3, -0.25) is 0 Å². The fourth-order valence-electron chi connectivity index (χ4n) is 1.98. The number of nitrogens with one attached hydrogen (secondary N) is 1. The molecule has 0 bridgehead atoms. The van der Waals surface area contributed by atoms with E-state index in [1.165, 1.54) is 25.7 Å². The molecule has 1 rings (SSSR count). The maximum Gasteiger partial charge on any atom is 0.124 e. The lowest BCUT2D eigenvalue weighted by molar-refractivity contribution is 0.404. The average Bonchev–Trinajstić information content (AvgIpc) is 2.37. The maximum absolute atomic E-state index is 6.20. The second kappa shape index (κ2) is 8.39. The lowest BCUT2D eigenvalue weighted by Gasteiger charge is -2.16. The van der Waals surface area contributed by atoms with Crippen molar-refractivity contribution in [3.8, 4) is 5.75 Å². The van der Waals surface area contributed by atoms with Crippen LogP contribution >= 0.6 is 11.6 Å². The number of benzene rings is 1. The predicted molar refractivity (Wildman–Crippen MR) is 78.4 cm³/mol. The molecule has 0 saturated carbocycles. The lowest BCUT2D eigenvalue weighted by atomic mass is 10.1. The van der Waals surface area contributed by atoms with E-state index in [1.54, 1.807) is 7.11 Å². The molecule has 0 fully saturated rings. The van der Waals surface area contributed by atoms with Crippen LogP contribution in [0.2, 0.25) is 5.02 Å². The van der Waals surface area contributed by atoms with Gasteiger partial charge in [0.1, 0.15) is 5.75 Å². The summed E-state index contributed by atoms with van der Waals surface area (Å²) in [6, 6.07) is 6.28. The molecule has 1 unspecified atom stereocenters. The molecule has 0 spiro atoms. The first-order valence-corrected chi connectivity index (χ1v) is 7.11. The molecule has 18 heavy (non-hydrogen) atoms. The molecule has 1 N–H and O–H groups in total. The molecular formula is C15H24ClNO. The Hall–Kier alpha value is -0.730. The Morgan fingerprint density at radius 3 is 2.78 bits per heavy atom. The minimum atomic E-state index is 0.512. The molecule has 1 aromatic carbocycles. The highest BCUT2D eigenvalue weighted by Gasteiger charge is 2.08. The van der Waals surface area contributed by atoms with Gasteiger partial charge in [-0.25, -0.2) is 0 Å². The van der Waals surface area contributed by atoms with E-state index < -0.39 is 0 Å². The van der Waals surface area contributed by atoms with E-state index in [-0.39, 0.29) is 0 Å². The summed E-state index contributed by atoms with van der Waals surface area (Å²) in [5.41, 5.74) is 1.05. The van der Waals surface area contributed by atoms with Crippen LogP contribution in [0.4, 0.5) is 0 Å². The van der Waals surface area contributed by atoms with Crippen molar-refractivity contribution in [2.24, 2.45) is 0 Å². The Labute approximate surface area is 116 Å². The third kappa shape index (κ3) is 4.87. The molecule has 0 aliphatic carbocycles. The van der Waals surface area contributed by atoms with Crippen molar-refractivity contribution in [1.82, 2.24) is 5.32 Å². The van der Waals surface area contributed by atoms with Gasteiger partial charge in [-0.1, -0.05) is 43.9 Å². The SMILES string of the molecule is CCCCCC(C)NCc1c(Cl)cccc1OC. The van der Waals surface area contributed by atoms with E-state index in [1.807, 2.05) is 18.2 Å². The van der Waals surface area contributed by atoms with Crippen LogP contribution in [-0.2, 0) is 6.54 Å². The molecule has 0 amide bonds. The Kier molecular flexibility index (Phi) is 7.14. The fraction of sp³-hybridized carbons (Fsp3) is 0.600. The summed E-state index contributed by atoms with van der Waals surface area (Å²) in [5, 5.41) is 4.28. The van der Waals surface area contributed by atoms with Gasteiger partial charge in [0, 0.05) is 23.2 Å². The quantitative estimate of drug-likeness (QED) is 0.706. The maximum atomic E-state index is 6.20. The fourth-order valence-corrected chi connectivity index (χ4v) is 2.21.